The molecular weight excluding hydrogens is 268 g/mol. The molecule has 1 N–H and O–H groups in total. The van der Waals surface area contributed by atoms with E-state index in [2.05, 4.69) is 22.0 Å². The van der Waals surface area contributed by atoms with E-state index in [1.54, 1.807) is 0 Å². The summed E-state index contributed by atoms with van der Waals surface area (Å²) in [5, 5.41) is 8.83. The van der Waals surface area contributed by atoms with Gasteiger partial charge in [0.15, 0.2) is 0 Å². The zero-order chi connectivity index (χ0) is 11.4. The molecule has 0 aromatic heterocycles. The summed E-state index contributed by atoms with van der Waals surface area (Å²) in [6, 6.07) is 6.08. The maximum atomic E-state index is 8.83. The first-order chi connectivity index (χ1) is 7.81. The molecule has 0 bridgehead atoms. The highest BCUT2D eigenvalue weighted by Gasteiger charge is 2.22. The van der Waals surface area contributed by atoms with Crippen molar-refractivity contribution in [3.63, 3.8) is 0 Å². The van der Waals surface area contributed by atoms with E-state index in [9.17, 15) is 0 Å². The van der Waals surface area contributed by atoms with Gasteiger partial charge >= 0.3 is 0 Å². The number of hydrogen-bond donors (Lipinski definition) is 1. The third kappa shape index (κ3) is 3.22. The zero-order valence-electron chi connectivity index (χ0n) is 9.29. The van der Waals surface area contributed by atoms with Crippen molar-refractivity contribution in [2.24, 2.45) is 5.92 Å². The van der Waals surface area contributed by atoms with Crippen LogP contribution >= 0.6 is 15.9 Å². The summed E-state index contributed by atoms with van der Waals surface area (Å²) in [5.41, 5.74) is 1.21. The molecule has 88 valence electrons. The molecule has 0 radical (unpaired) electrons. The third-order valence-corrected chi connectivity index (χ3v) is 3.72. The van der Waals surface area contributed by atoms with Crippen LogP contribution in [0.1, 0.15) is 24.8 Å². The summed E-state index contributed by atoms with van der Waals surface area (Å²) < 4.78 is 6.82. The number of aryl methyl sites for hydroxylation is 1. The van der Waals surface area contributed by atoms with Crippen LogP contribution in [0.5, 0.6) is 5.75 Å². The van der Waals surface area contributed by atoms with Gasteiger partial charge in [-0.15, -0.1) is 0 Å². The lowest BCUT2D eigenvalue weighted by atomic mass is 10.1. The minimum Gasteiger partial charge on any atom is -0.492 e. The van der Waals surface area contributed by atoms with Crippen LogP contribution in [0.25, 0.3) is 0 Å². The van der Waals surface area contributed by atoms with Crippen LogP contribution in [-0.2, 0) is 6.42 Å². The van der Waals surface area contributed by atoms with Gasteiger partial charge in [-0.25, -0.2) is 0 Å². The van der Waals surface area contributed by atoms with E-state index in [0.29, 0.717) is 0 Å². The molecule has 3 heteroatoms. The van der Waals surface area contributed by atoms with E-state index in [1.807, 2.05) is 12.1 Å². The predicted octanol–water partition coefficient (Wildman–Crippen LogP) is 3.16. The first-order valence-corrected chi connectivity index (χ1v) is 6.61. The first-order valence-electron chi connectivity index (χ1n) is 5.82. The van der Waals surface area contributed by atoms with Crippen molar-refractivity contribution < 1.29 is 9.84 Å². The molecule has 2 nitrogen and oxygen atoms in total. The van der Waals surface area contributed by atoms with E-state index in [-0.39, 0.29) is 6.61 Å². The smallest absolute Gasteiger partial charge is 0.133 e. The van der Waals surface area contributed by atoms with E-state index in [1.165, 1.54) is 18.4 Å². The van der Waals surface area contributed by atoms with Crippen molar-refractivity contribution in [3.8, 4) is 5.75 Å². The Hall–Kier alpha value is -0.540. The summed E-state index contributed by atoms with van der Waals surface area (Å²) in [6.07, 6.45) is 4.30. The second-order valence-electron chi connectivity index (χ2n) is 4.31. The van der Waals surface area contributed by atoms with Crippen molar-refractivity contribution in [2.75, 3.05) is 13.2 Å². The summed E-state index contributed by atoms with van der Waals surface area (Å²) in [7, 11) is 0. The second-order valence-corrected chi connectivity index (χ2v) is 5.10. The van der Waals surface area contributed by atoms with Crippen LogP contribution in [0, 0.1) is 5.92 Å². The standard InChI is InChI=1S/C13H17BrO2/c14-13-11(4-2-8-15)3-1-5-12(13)16-9-10-6-7-10/h1,3,5,10,15H,2,4,6-9H2. The minimum absolute atomic E-state index is 0.236. The number of rotatable bonds is 6. The molecule has 1 aromatic rings. The van der Waals surface area contributed by atoms with Gasteiger partial charge in [0.25, 0.3) is 0 Å². The van der Waals surface area contributed by atoms with Crippen LogP contribution in [0.15, 0.2) is 22.7 Å². The maximum Gasteiger partial charge on any atom is 0.133 e. The van der Waals surface area contributed by atoms with Crippen molar-refractivity contribution >= 4 is 15.9 Å². The Bertz CT molecular complexity index is 348. The summed E-state index contributed by atoms with van der Waals surface area (Å²) in [4.78, 5) is 0. The molecule has 2 rings (SSSR count). The molecule has 16 heavy (non-hydrogen) atoms. The summed E-state index contributed by atoms with van der Waals surface area (Å²) in [6.45, 7) is 1.07. The fourth-order valence-corrected chi connectivity index (χ4v) is 2.20. The van der Waals surface area contributed by atoms with Crippen LogP contribution in [0.3, 0.4) is 0 Å². The topological polar surface area (TPSA) is 29.5 Å². The molecule has 0 heterocycles. The molecule has 1 saturated carbocycles. The number of aliphatic hydroxyl groups excluding tert-OH is 1. The van der Waals surface area contributed by atoms with Gasteiger partial charge in [-0.3, -0.25) is 0 Å². The van der Waals surface area contributed by atoms with Gasteiger partial charge in [0.2, 0.25) is 0 Å². The number of aliphatic hydroxyl groups is 1. The average Bonchev–Trinajstić information content (AvgIpc) is 3.10. The lowest BCUT2D eigenvalue weighted by Crippen LogP contribution is -2.01. The Labute approximate surface area is 105 Å². The molecule has 0 unspecified atom stereocenters. The van der Waals surface area contributed by atoms with Gasteiger partial charge in [-0.2, -0.15) is 0 Å². The van der Waals surface area contributed by atoms with Crippen molar-refractivity contribution in [1.29, 1.82) is 0 Å². The lowest BCUT2D eigenvalue weighted by Gasteiger charge is -2.10. The third-order valence-electron chi connectivity index (χ3n) is 2.82. The van der Waals surface area contributed by atoms with Gasteiger partial charge in [0, 0.05) is 6.61 Å². The molecule has 1 aliphatic carbocycles. The minimum atomic E-state index is 0.236. The van der Waals surface area contributed by atoms with Gasteiger partial charge in [-0.1, -0.05) is 12.1 Å². The van der Waals surface area contributed by atoms with Gasteiger partial charge in [-0.05, 0) is 59.2 Å². The maximum absolute atomic E-state index is 8.83. The predicted molar refractivity (Wildman–Crippen MR) is 67.8 cm³/mol. The normalized spacial score (nSPS) is 15.1. The highest BCUT2D eigenvalue weighted by molar-refractivity contribution is 9.10. The van der Waals surface area contributed by atoms with Gasteiger partial charge in [0.1, 0.15) is 5.75 Å². The molecule has 0 spiro atoms. The van der Waals surface area contributed by atoms with Crippen LogP contribution in [0.2, 0.25) is 0 Å². The number of halogens is 1. The van der Waals surface area contributed by atoms with Crippen LogP contribution in [0.4, 0.5) is 0 Å². The average molecular weight is 285 g/mol. The Kier molecular flexibility index (Phi) is 4.24. The molecule has 0 aliphatic heterocycles. The van der Waals surface area contributed by atoms with Crippen molar-refractivity contribution in [3.05, 3.63) is 28.2 Å². The molecular formula is C13H17BrO2. The molecule has 1 aliphatic rings. The number of ether oxygens (including phenoxy) is 1. The quantitative estimate of drug-likeness (QED) is 0.870. The largest absolute Gasteiger partial charge is 0.492 e. The fourth-order valence-electron chi connectivity index (χ4n) is 1.62. The van der Waals surface area contributed by atoms with E-state index >= 15 is 0 Å². The fraction of sp³-hybridized carbons (Fsp3) is 0.538. The zero-order valence-corrected chi connectivity index (χ0v) is 10.9. The van der Waals surface area contributed by atoms with E-state index in [4.69, 9.17) is 9.84 Å². The highest BCUT2D eigenvalue weighted by Crippen LogP contribution is 2.33. The molecule has 0 atom stereocenters. The summed E-state index contributed by atoms with van der Waals surface area (Å²) >= 11 is 3.58. The van der Waals surface area contributed by atoms with Crippen molar-refractivity contribution in [1.82, 2.24) is 0 Å². The Morgan fingerprint density at radius 2 is 2.19 bits per heavy atom. The van der Waals surface area contributed by atoms with Crippen molar-refractivity contribution in [2.45, 2.75) is 25.7 Å². The number of benzene rings is 1. The monoisotopic (exact) mass is 284 g/mol. The first kappa shape index (κ1) is 11.9. The summed E-state index contributed by atoms with van der Waals surface area (Å²) in [5.74, 6) is 1.70. The number of hydrogen-bond acceptors (Lipinski definition) is 2. The molecule has 0 saturated heterocycles. The van der Waals surface area contributed by atoms with Gasteiger partial charge in [0.05, 0.1) is 11.1 Å². The Morgan fingerprint density at radius 1 is 1.38 bits per heavy atom. The van der Waals surface area contributed by atoms with Crippen LogP contribution < -0.4 is 4.74 Å². The SMILES string of the molecule is OCCCc1cccc(OCC2CC2)c1Br. The highest BCUT2D eigenvalue weighted by atomic mass is 79.9. The molecule has 0 amide bonds. The molecule has 1 fully saturated rings. The molecule has 1 aromatic carbocycles. The Morgan fingerprint density at radius 3 is 2.88 bits per heavy atom. The lowest BCUT2D eigenvalue weighted by molar-refractivity contribution is 0.287. The van der Waals surface area contributed by atoms with Gasteiger partial charge < -0.3 is 9.84 Å². The van der Waals surface area contributed by atoms with Crippen LogP contribution in [-0.4, -0.2) is 18.3 Å². The van der Waals surface area contributed by atoms with E-state index < -0.39 is 0 Å². The van der Waals surface area contributed by atoms with E-state index in [0.717, 1.165) is 35.6 Å². The second kappa shape index (κ2) is 5.69. The Balaban J connectivity index is 1.99.